The van der Waals surface area contributed by atoms with Crippen LogP contribution in [0.5, 0.6) is 0 Å². The third-order valence-electron chi connectivity index (χ3n) is 4.51. The average Bonchev–Trinajstić information content (AvgIpc) is 3.32. The van der Waals surface area contributed by atoms with Crippen LogP contribution in [0.1, 0.15) is 12.5 Å². The van der Waals surface area contributed by atoms with Crippen molar-refractivity contribution < 1.29 is 8.42 Å². The maximum Gasteiger partial charge on any atom is 0.243 e. The molecule has 0 aliphatic carbocycles. The predicted octanol–water partition coefficient (Wildman–Crippen LogP) is 3.23. The maximum atomic E-state index is 12.8. The lowest BCUT2D eigenvalue weighted by Gasteiger charge is -2.16. The highest BCUT2D eigenvalue weighted by molar-refractivity contribution is 7.89. The highest BCUT2D eigenvalue weighted by atomic mass is 35.5. The van der Waals surface area contributed by atoms with E-state index in [1.165, 1.54) is 10.4 Å². The Morgan fingerprint density at radius 3 is 2.65 bits per heavy atom. The second-order valence-corrected chi connectivity index (χ2v) is 8.59. The third-order valence-corrected chi connectivity index (χ3v) is 6.61. The molecule has 0 spiro atoms. The third kappa shape index (κ3) is 3.25. The number of benzene rings is 2. The van der Waals surface area contributed by atoms with Crippen LogP contribution in [0.4, 0.5) is 0 Å². The number of aromatic nitrogens is 3. The first-order valence-corrected chi connectivity index (χ1v) is 10.1. The molecule has 134 valence electrons. The van der Waals surface area contributed by atoms with Crippen molar-refractivity contribution in [2.45, 2.75) is 17.4 Å². The summed E-state index contributed by atoms with van der Waals surface area (Å²) in [6.45, 7) is 0.812. The fourth-order valence-corrected chi connectivity index (χ4v) is 4.91. The molecule has 0 radical (unpaired) electrons. The fraction of sp³-hybridized carbons (Fsp3) is 0.222. The first-order chi connectivity index (χ1) is 12.5. The second kappa shape index (κ2) is 6.83. The van der Waals surface area contributed by atoms with E-state index in [0.29, 0.717) is 24.5 Å². The fourth-order valence-electron chi connectivity index (χ4n) is 3.12. The van der Waals surface area contributed by atoms with Crippen molar-refractivity contribution in [2.75, 3.05) is 13.1 Å². The predicted molar refractivity (Wildman–Crippen MR) is 99.3 cm³/mol. The van der Waals surface area contributed by atoms with Crippen LogP contribution in [-0.4, -0.2) is 40.8 Å². The van der Waals surface area contributed by atoms with Crippen LogP contribution in [0, 0.1) is 0 Å². The summed E-state index contributed by atoms with van der Waals surface area (Å²) in [6, 6.07) is 16.1. The minimum atomic E-state index is -3.56. The van der Waals surface area contributed by atoms with E-state index >= 15 is 0 Å². The van der Waals surface area contributed by atoms with Gasteiger partial charge in [0.25, 0.3) is 0 Å². The molecular formula is C18H17ClN4O2S. The maximum absolute atomic E-state index is 12.8. The summed E-state index contributed by atoms with van der Waals surface area (Å²) in [5.41, 5.74) is 1.77. The molecule has 1 aliphatic heterocycles. The Morgan fingerprint density at radius 1 is 1.08 bits per heavy atom. The van der Waals surface area contributed by atoms with Crippen molar-refractivity contribution in [3.05, 3.63) is 65.8 Å². The van der Waals surface area contributed by atoms with Gasteiger partial charge in [0.05, 0.1) is 17.1 Å². The van der Waals surface area contributed by atoms with Gasteiger partial charge in [0.2, 0.25) is 10.0 Å². The topological polar surface area (TPSA) is 68.1 Å². The van der Waals surface area contributed by atoms with Gasteiger partial charge in [-0.05, 0) is 24.6 Å². The Morgan fingerprint density at radius 2 is 1.88 bits per heavy atom. The number of halogens is 1. The van der Waals surface area contributed by atoms with E-state index in [0.717, 1.165) is 11.3 Å². The van der Waals surface area contributed by atoms with Crippen LogP contribution >= 0.6 is 11.6 Å². The molecule has 2 aromatic carbocycles. The minimum absolute atomic E-state index is 0.0334. The summed E-state index contributed by atoms with van der Waals surface area (Å²) in [4.78, 5) is 0.217. The van der Waals surface area contributed by atoms with Crippen LogP contribution in [0.2, 0.25) is 5.02 Å². The zero-order valence-corrected chi connectivity index (χ0v) is 15.4. The molecule has 1 fully saturated rings. The van der Waals surface area contributed by atoms with Crippen molar-refractivity contribution in [3.8, 4) is 11.3 Å². The number of rotatable bonds is 4. The van der Waals surface area contributed by atoms with Crippen molar-refractivity contribution in [2.24, 2.45) is 0 Å². The molecule has 1 saturated heterocycles. The van der Waals surface area contributed by atoms with E-state index in [2.05, 4.69) is 10.3 Å². The van der Waals surface area contributed by atoms with Gasteiger partial charge in [0.15, 0.2) is 0 Å². The molecule has 3 aromatic rings. The van der Waals surface area contributed by atoms with Crippen LogP contribution in [0.15, 0.2) is 65.7 Å². The zero-order chi connectivity index (χ0) is 18.1. The normalized spacial score (nSPS) is 18.3. The lowest BCUT2D eigenvalue weighted by atomic mass is 10.2. The first-order valence-electron chi connectivity index (χ1n) is 8.27. The Bertz CT molecular complexity index is 1020. The Balaban J connectivity index is 1.53. The summed E-state index contributed by atoms with van der Waals surface area (Å²) in [5, 5.41) is 8.83. The molecule has 1 aliphatic rings. The summed E-state index contributed by atoms with van der Waals surface area (Å²) in [6.07, 6.45) is 2.56. The van der Waals surface area contributed by atoms with Gasteiger partial charge in [-0.15, -0.1) is 5.10 Å². The first kappa shape index (κ1) is 17.2. The Hall–Kier alpha value is -2.22. The molecule has 26 heavy (non-hydrogen) atoms. The van der Waals surface area contributed by atoms with Gasteiger partial charge in [-0.25, -0.2) is 13.1 Å². The summed E-state index contributed by atoms with van der Waals surface area (Å²) < 4.78 is 28.9. The van der Waals surface area contributed by atoms with Gasteiger partial charge >= 0.3 is 0 Å². The summed E-state index contributed by atoms with van der Waals surface area (Å²) in [7, 11) is -3.56. The standard InChI is InChI=1S/C18H17ClN4O2S/c19-15-7-4-8-17(11-15)26(24,25)22-10-9-16(12-22)23-13-18(20-21-23)14-5-2-1-3-6-14/h1-8,11,13,16H,9-10,12H2. The van der Waals surface area contributed by atoms with E-state index in [-0.39, 0.29) is 10.9 Å². The average molecular weight is 389 g/mol. The van der Waals surface area contributed by atoms with E-state index in [4.69, 9.17) is 11.6 Å². The smallest absolute Gasteiger partial charge is 0.243 e. The van der Waals surface area contributed by atoms with Crippen LogP contribution < -0.4 is 0 Å². The summed E-state index contributed by atoms with van der Waals surface area (Å²) >= 11 is 5.94. The molecule has 8 heteroatoms. The number of nitrogens with zero attached hydrogens (tertiary/aromatic N) is 4. The molecule has 1 unspecified atom stereocenters. The van der Waals surface area contributed by atoms with Crippen LogP contribution in [0.3, 0.4) is 0 Å². The molecule has 0 bridgehead atoms. The lowest BCUT2D eigenvalue weighted by molar-refractivity contribution is 0.428. The highest BCUT2D eigenvalue weighted by Gasteiger charge is 2.34. The van der Waals surface area contributed by atoms with E-state index in [1.807, 2.05) is 36.5 Å². The molecule has 2 heterocycles. The van der Waals surface area contributed by atoms with E-state index in [9.17, 15) is 8.42 Å². The van der Waals surface area contributed by atoms with Crippen molar-refractivity contribution >= 4 is 21.6 Å². The highest BCUT2D eigenvalue weighted by Crippen LogP contribution is 2.28. The van der Waals surface area contributed by atoms with Gasteiger partial charge in [-0.1, -0.05) is 53.2 Å². The van der Waals surface area contributed by atoms with Crippen molar-refractivity contribution in [1.82, 2.24) is 19.3 Å². The number of hydrogen-bond donors (Lipinski definition) is 0. The quantitative estimate of drug-likeness (QED) is 0.688. The van der Waals surface area contributed by atoms with E-state index in [1.54, 1.807) is 22.9 Å². The molecule has 0 saturated carbocycles. The Labute approximate surface area is 157 Å². The largest absolute Gasteiger partial charge is 0.247 e. The molecule has 6 nitrogen and oxygen atoms in total. The Kier molecular flexibility index (Phi) is 4.52. The monoisotopic (exact) mass is 388 g/mol. The van der Waals surface area contributed by atoms with Gasteiger partial charge in [-0.3, -0.25) is 0 Å². The van der Waals surface area contributed by atoms with Crippen LogP contribution in [-0.2, 0) is 10.0 Å². The van der Waals surface area contributed by atoms with Crippen molar-refractivity contribution in [1.29, 1.82) is 0 Å². The minimum Gasteiger partial charge on any atom is -0.247 e. The van der Waals surface area contributed by atoms with Gasteiger partial charge in [0, 0.05) is 23.7 Å². The van der Waals surface area contributed by atoms with E-state index < -0.39 is 10.0 Å². The second-order valence-electron chi connectivity index (χ2n) is 6.21. The molecule has 0 N–H and O–H groups in total. The molecular weight excluding hydrogens is 372 g/mol. The van der Waals surface area contributed by atoms with Gasteiger partial charge in [-0.2, -0.15) is 4.31 Å². The number of hydrogen-bond acceptors (Lipinski definition) is 4. The lowest BCUT2D eigenvalue weighted by Crippen LogP contribution is -2.29. The molecule has 1 atom stereocenters. The molecule has 0 amide bonds. The SMILES string of the molecule is O=S(=O)(c1cccc(Cl)c1)N1CCC(n2cc(-c3ccccc3)nn2)C1. The molecule has 1 aromatic heterocycles. The van der Waals surface area contributed by atoms with Crippen LogP contribution in [0.25, 0.3) is 11.3 Å². The van der Waals surface area contributed by atoms with Gasteiger partial charge < -0.3 is 0 Å². The number of sulfonamides is 1. The van der Waals surface area contributed by atoms with Gasteiger partial charge in [0.1, 0.15) is 5.69 Å². The zero-order valence-electron chi connectivity index (χ0n) is 13.9. The summed E-state index contributed by atoms with van der Waals surface area (Å²) in [5.74, 6) is 0. The van der Waals surface area contributed by atoms with Crippen molar-refractivity contribution in [3.63, 3.8) is 0 Å². The molecule has 4 rings (SSSR count).